The van der Waals surface area contributed by atoms with Crippen molar-refractivity contribution in [2.45, 2.75) is 77.1 Å². The number of allylic oxidation sites excluding steroid dienone is 2. The van der Waals surface area contributed by atoms with Crippen LogP contribution in [0.25, 0.3) is 0 Å². The molecule has 1 fully saturated rings. The van der Waals surface area contributed by atoms with Crippen LogP contribution in [0.1, 0.15) is 59.8 Å². The van der Waals surface area contributed by atoms with Crippen molar-refractivity contribution in [3.63, 3.8) is 0 Å². The van der Waals surface area contributed by atoms with Gasteiger partial charge in [0.2, 0.25) is 0 Å². The number of aliphatic hydroxyl groups excluding tert-OH is 1. The lowest BCUT2D eigenvalue weighted by Gasteiger charge is -2.50. The topological polar surface area (TPSA) is 29.5 Å². The summed E-state index contributed by atoms with van der Waals surface area (Å²) in [6.45, 7) is 8.59. The van der Waals surface area contributed by atoms with Crippen LogP contribution >= 0.6 is 0 Å². The van der Waals surface area contributed by atoms with E-state index >= 15 is 0 Å². The Morgan fingerprint density at radius 2 is 2.00 bits per heavy atom. The van der Waals surface area contributed by atoms with Gasteiger partial charge in [-0.25, -0.2) is 0 Å². The van der Waals surface area contributed by atoms with Crippen LogP contribution in [0.15, 0.2) is 11.6 Å². The van der Waals surface area contributed by atoms with Crippen LogP contribution in [-0.2, 0) is 4.74 Å². The Kier molecular flexibility index (Phi) is 3.39. The first-order valence-corrected chi connectivity index (χ1v) is 6.85. The summed E-state index contributed by atoms with van der Waals surface area (Å²) in [5.74, 6) is 0.556. The van der Waals surface area contributed by atoms with Crippen LogP contribution in [0.3, 0.4) is 0 Å². The molecule has 1 saturated heterocycles. The van der Waals surface area contributed by atoms with Crippen LogP contribution in [0.2, 0.25) is 0 Å². The molecule has 1 N–H and O–H groups in total. The number of ether oxygens (including phenoxy) is 1. The molecular formula is C15H26O2. The maximum Gasteiger partial charge on any atom is 0.0717 e. The molecule has 1 aliphatic carbocycles. The quantitative estimate of drug-likeness (QED) is 0.709. The normalized spacial score (nSPS) is 42.1. The average Bonchev–Trinajstić information content (AvgIpc) is 2.14. The van der Waals surface area contributed by atoms with Gasteiger partial charge in [-0.15, -0.1) is 0 Å². The van der Waals surface area contributed by atoms with E-state index in [0.717, 1.165) is 19.3 Å². The lowest BCUT2D eigenvalue weighted by atomic mass is 9.73. The maximum atomic E-state index is 10.1. The Balaban J connectivity index is 2.12. The molecule has 2 aliphatic rings. The largest absolute Gasteiger partial charge is 0.393 e. The molecule has 3 atom stereocenters. The summed E-state index contributed by atoms with van der Waals surface area (Å²) in [7, 11) is 0. The van der Waals surface area contributed by atoms with E-state index in [1.165, 1.54) is 18.4 Å². The monoisotopic (exact) mass is 238 g/mol. The maximum absolute atomic E-state index is 10.1. The molecule has 17 heavy (non-hydrogen) atoms. The summed E-state index contributed by atoms with van der Waals surface area (Å²) < 4.78 is 6.32. The minimum Gasteiger partial charge on any atom is -0.393 e. The van der Waals surface area contributed by atoms with Gasteiger partial charge in [-0.1, -0.05) is 11.6 Å². The van der Waals surface area contributed by atoms with Crippen molar-refractivity contribution in [2.24, 2.45) is 5.92 Å². The van der Waals surface area contributed by atoms with E-state index in [4.69, 9.17) is 4.74 Å². The van der Waals surface area contributed by atoms with Crippen molar-refractivity contribution in [3.05, 3.63) is 11.6 Å². The molecule has 1 heterocycles. The van der Waals surface area contributed by atoms with E-state index in [1.807, 2.05) is 0 Å². The molecule has 2 heteroatoms. The summed E-state index contributed by atoms with van der Waals surface area (Å²) in [6.07, 6.45) is 7.15. The molecule has 0 saturated carbocycles. The summed E-state index contributed by atoms with van der Waals surface area (Å²) in [5.41, 5.74) is 1.15. The number of hydrogen-bond acceptors (Lipinski definition) is 2. The summed E-state index contributed by atoms with van der Waals surface area (Å²) in [6, 6.07) is 0. The number of rotatable bonds is 1. The van der Waals surface area contributed by atoms with Gasteiger partial charge in [0, 0.05) is 12.8 Å². The first-order valence-electron chi connectivity index (χ1n) is 6.85. The van der Waals surface area contributed by atoms with Gasteiger partial charge in [-0.3, -0.25) is 0 Å². The van der Waals surface area contributed by atoms with Gasteiger partial charge < -0.3 is 9.84 Å². The van der Waals surface area contributed by atoms with Gasteiger partial charge in [0.15, 0.2) is 0 Å². The zero-order chi connectivity index (χ0) is 12.7. The highest BCUT2D eigenvalue weighted by molar-refractivity contribution is 5.07. The standard InChI is InChI=1S/C15H26O2/c1-11-5-7-12(8-6-11)15(4)10-13(16)9-14(2,3)17-15/h5,12-13,16H,6-10H2,1-4H3/t12-,13-,15-/m0/s1. The Bertz CT molecular complexity index is 319. The first-order chi connectivity index (χ1) is 7.81. The Morgan fingerprint density at radius 3 is 2.53 bits per heavy atom. The summed E-state index contributed by atoms with van der Waals surface area (Å²) in [5, 5.41) is 10.1. The zero-order valence-electron chi connectivity index (χ0n) is 11.6. The minimum absolute atomic E-state index is 0.154. The van der Waals surface area contributed by atoms with Crippen LogP contribution in [-0.4, -0.2) is 22.4 Å². The van der Waals surface area contributed by atoms with Crippen LogP contribution in [0.5, 0.6) is 0 Å². The van der Waals surface area contributed by atoms with E-state index < -0.39 is 0 Å². The van der Waals surface area contributed by atoms with E-state index in [1.54, 1.807) is 0 Å². The van der Waals surface area contributed by atoms with Crippen molar-refractivity contribution in [3.8, 4) is 0 Å². The van der Waals surface area contributed by atoms with Crippen molar-refractivity contribution in [1.82, 2.24) is 0 Å². The summed E-state index contributed by atoms with van der Waals surface area (Å²) in [4.78, 5) is 0. The molecule has 0 unspecified atom stereocenters. The third-order valence-corrected chi connectivity index (χ3v) is 4.38. The Labute approximate surface area is 105 Å². The van der Waals surface area contributed by atoms with Gasteiger partial charge in [-0.05, 0) is 52.9 Å². The molecule has 2 nitrogen and oxygen atoms in total. The van der Waals surface area contributed by atoms with Crippen molar-refractivity contribution >= 4 is 0 Å². The van der Waals surface area contributed by atoms with Crippen molar-refractivity contribution < 1.29 is 9.84 Å². The number of aliphatic hydroxyl groups is 1. The molecule has 0 aromatic heterocycles. The molecule has 0 bridgehead atoms. The van der Waals surface area contributed by atoms with E-state index in [0.29, 0.717) is 5.92 Å². The fraction of sp³-hybridized carbons (Fsp3) is 0.867. The fourth-order valence-electron chi connectivity index (χ4n) is 3.59. The minimum atomic E-state index is -0.212. The van der Waals surface area contributed by atoms with Crippen molar-refractivity contribution in [2.75, 3.05) is 0 Å². The highest BCUT2D eigenvalue weighted by Gasteiger charge is 2.45. The molecule has 2 rings (SSSR count). The van der Waals surface area contributed by atoms with E-state index in [2.05, 4.69) is 33.8 Å². The third kappa shape index (κ3) is 2.92. The third-order valence-electron chi connectivity index (χ3n) is 4.38. The molecule has 0 aromatic carbocycles. The SMILES string of the molecule is CC1=CC[C@H]([C@]2(C)C[C@@H](O)CC(C)(C)O2)CC1. The fourth-order valence-corrected chi connectivity index (χ4v) is 3.59. The highest BCUT2D eigenvalue weighted by atomic mass is 16.5. The Hall–Kier alpha value is -0.340. The lowest BCUT2D eigenvalue weighted by molar-refractivity contribution is -0.217. The van der Waals surface area contributed by atoms with Gasteiger partial charge in [0.05, 0.1) is 17.3 Å². The predicted octanol–water partition coefficient (Wildman–Crippen LogP) is 3.44. The smallest absolute Gasteiger partial charge is 0.0717 e. The van der Waals surface area contributed by atoms with Gasteiger partial charge in [-0.2, -0.15) is 0 Å². The second-order valence-electron chi connectivity index (χ2n) is 6.76. The molecule has 1 aliphatic heterocycles. The first kappa shape index (κ1) is 13.1. The Morgan fingerprint density at radius 1 is 1.29 bits per heavy atom. The lowest BCUT2D eigenvalue weighted by Crippen LogP contribution is -2.53. The molecular weight excluding hydrogens is 212 g/mol. The zero-order valence-corrected chi connectivity index (χ0v) is 11.6. The van der Waals surface area contributed by atoms with Crippen LogP contribution in [0.4, 0.5) is 0 Å². The second kappa shape index (κ2) is 4.40. The summed E-state index contributed by atoms with van der Waals surface area (Å²) >= 11 is 0. The predicted molar refractivity (Wildman–Crippen MR) is 69.9 cm³/mol. The molecule has 0 aromatic rings. The van der Waals surface area contributed by atoms with Gasteiger partial charge in [0.1, 0.15) is 0 Å². The van der Waals surface area contributed by atoms with Gasteiger partial charge >= 0.3 is 0 Å². The average molecular weight is 238 g/mol. The van der Waals surface area contributed by atoms with Crippen LogP contribution in [0, 0.1) is 5.92 Å². The molecule has 0 radical (unpaired) electrons. The van der Waals surface area contributed by atoms with Crippen LogP contribution < -0.4 is 0 Å². The van der Waals surface area contributed by atoms with Crippen molar-refractivity contribution in [1.29, 1.82) is 0 Å². The van der Waals surface area contributed by atoms with Gasteiger partial charge in [0.25, 0.3) is 0 Å². The molecule has 0 amide bonds. The van der Waals surface area contributed by atoms with E-state index in [-0.39, 0.29) is 17.3 Å². The number of hydrogen-bond donors (Lipinski definition) is 1. The highest BCUT2D eigenvalue weighted by Crippen LogP contribution is 2.44. The van der Waals surface area contributed by atoms with E-state index in [9.17, 15) is 5.11 Å². The second-order valence-corrected chi connectivity index (χ2v) is 6.76. The molecule has 98 valence electrons. The molecule has 0 spiro atoms.